The van der Waals surface area contributed by atoms with Crippen LogP contribution in [0.2, 0.25) is 0 Å². The molecule has 142 valence electrons. The predicted octanol–water partition coefficient (Wildman–Crippen LogP) is 4.48. The highest BCUT2D eigenvalue weighted by molar-refractivity contribution is 5.90. The van der Waals surface area contributed by atoms with E-state index in [1.807, 2.05) is 24.3 Å². The minimum absolute atomic E-state index is 0.106. The van der Waals surface area contributed by atoms with Crippen molar-refractivity contribution in [1.29, 1.82) is 0 Å². The van der Waals surface area contributed by atoms with E-state index < -0.39 is 0 Å². The molecule has 1 atom stereocenters. The molecular formula is C22H32N2O2. The molecule has 1 amide bonds. The molecule has 1 saturated heterocycles. The summed E-state index contributed by atoms with van der Waals surface area (Å²) in [6, 6.07) is 7.54. The van der Waals surface area contributed by atoms with Crippen molar-refractivity contribution in [3.05, 3.63) is 36.4 Å². The molecular weight excluding hydrogens is 324 g/mol. The zero-order chi connectivity index (χ0) is 18.2. The van der Waals surface area contributed by atoms with Gasteiger partial charge in [0, 0.05) is 24.7 Å². The van der Waals surface area contributed by atoms with E-state index in [0.29, 0.717) is 12.3 Å². The number of anilines is 1. The van der Waals surface area contributed by atoms with Crippen molar-refractivity contribution in [3.63, 3.8) is 0 Å². The zero-order valence-corrected chi connectivity index (χ0v) is 16.0. The fourth-order valence-electron chi connectivity index (χ4n) is 4.10. The number of piperidine rings is 1. The number of methoxy groups -OCH3 is 1. The van der Waals surface area contributed by atoms with Crippen LogP contribution in [-0.4, -0.2) is 37.6 Å². The van der Waals surface area contributed by atoms with Crippen molar-refractivity contribution in [1.82, 2.24) is 4.90 Å². The lowest BCUT2D eigenvalue weighted by atomic mass is 9.89. The molecule has 1 aromatic rings. The molecule has 0 saturated carbocycles. The second-order valence-electron chi connectivity index (χ2n) is 7.71. The predicted molar refractivity (Wildman–Crippen MR) is 107 cm³/mol. The lowest BCUT2D eigenvalue weighted by Crippen LogP contribution is -2.37. The van der Waals surface area contributed by atoms with Crippen molar-refractivity contribution in [2.24, 2.45) is 11.8 Å². The second kappa shape index (κ2) is 9.77. The first-order valence-electron chi connectivity index (χ1n) is 10.0. The van der Waals surface area contributed by atoms with Gasteiger partial charge in [-0.2, -0.15) is 0 Å². The summed E-state index contributed by atoms with van der Waals surface area (Å²) in [6.07, 6.45) is 12.6. The third kappa shape index (κ3) is 5.87. The first kappa shape index (κ1) is 19.0. The lowest BCUT2D eigenvalue weighted by molar-refractivity contribution is -0.116. The van der Waals surface area contributed by atoms with E-state index in [0.717, 1.165) is 23.8 Å². The van der Waals surface area contributed by atoms with Crippen molar-refractivity contribution in [3.8, 4) is 5.75 Å². The normalized spacial score (nSPS) is 21.5. The van der Waals surface area contributed by atoms with Crippen LogP contribution < -0.4 is 10.1 Å². The number of amides is 1. The maximum atomic E-state index is 12.2. The molecule has 1 aromatic carbocycles. The number of rotatable bonds is 7. The molecule has 3 rings (SSSR count). The van der Waals surface area contributed by atoms with Crippen LogP contribution in [0.1, 0.15) is 44.9 Å². The summed E-state index contributed by atoms with van der Waals surface area (Å²) in [4.78, 5) is 14.8. The minimum atomic E-state index is 0.106. The Morgan fingerprint density at radius 3 is 2.77 bits per heavy atom. The smallest absolute Gasteiger partial charge is 0.224 e. The summed E-state index contributed by atoms with van der Waals surface area (Å²) < 4.78 is 5.20. The molecule has 1 aliphatic heterocycles. The summed E-state index contributed by atoms with van der Waals surface area (Å²) in [5, 5.41) is 2.98. The van der Waals surface area contributed by atoms with Gasteiger partial charge in [-0.25, -0.2) is 0 Å². The Morgan fingerprint density at radius 1 is 1.19 bits per heavy atom. The molecule has 0 unspecified atom stereocenters. The van der Waals surface area contributed by atoms with E-state index in [1.54, 1.807) is 7.11 Å². The van der Waals surface area contributed by atoms with Gasteiger partial charge in [0.2, 0.25) is 5.91 Å². The Bertz CT molecular complexity index is 606. The summed E-state index contributed by atoms with van der Waals surface area (Å²) in [6.45, 7) is 3.65. The fourth-order valence-corrected chi connectivity index (χ4v) is 4.10. The Labute approximate surface area is 157 Å². The second-order valence-corrected chi connectivity index (χ2v) is 7.71. The van der Waals surface area contributed by atoms with Gasteiger partial charge in [0.1, 0.15) is 5.75 Å². The lowest BCUT2D eigenvalue weighted by Gasteiger charge is -2.34. The molecule has 1 heterocycles. The van der Waals surface area contributed by atoms with Crippen LogP contribution in [0.15, 0.2) is 36.4 Å². The molecule has 1 fully saturated rings. The Morgan fingerprint density at radius 2 is 2.04 bits per heavy atom. The molecule has 4 heteroatoms. The number of nitrogens with zero attached hydrogens (tertiary/aromatic N) is 1. The van der Waals surface area contributed by atoms with Gasteiger partial charge in [0.15, 0.2) is 0 Å². The van der Waals surface area contributed by atoms with Crippen LogP contribution in [-0.2, 0) is 4.79 Å². The first-order chi connectivity index (χ1) is 12.7. The van der Waals surface area contributed by atoms with Crippen molar-refractivity contribution < 1.29 is 9.53 Å². The number of carbonyl (C=O) groups excluding carboxylic acids is 1. The van der Waals surface area contributed by atoms with Crippen molar-refractivity contribution >= 4 is 11.6 Å². The van der Waals surface area contributed by atoms with Crippen LogP contribution in [0.3, 0.4) is 0 Å². The molecule has 0 aromatic heterocycles. The number of allylic oxidation sites excluding steroid dienone is 2. The summed E-state index contributed by atoms with van der Waals surface area (Å²) in [7, 11) is 1.64. The summed E-state index contributed by atoms with van der Waals surface area (Å²) >= 11 is 0. The highest BCUT2D eigenvalue weighted by atomic mass is 16.5. The third-order valence-corrected chi connectivity index (χ3v) is 5.73. The molecule has 1 aliphatic carbocycles. The van der Waals surface area contributed by atoms with Crippen molar-refractivity contribution in [2.45, 2.75) is 44.9 Å². The number of likely N-dealkylation sites (tertiary alicyclic amines) is 1. The third-order valence-electron chi connectivity index (χ3n) is 5.73. The van der Waals surface area contributed by atoms with E-state index in [2.05, 4.69) is 22.4 Å². The number of benzene rings is 1. The molecule has 4 nitrogen and oxygen atoms in total. The largest absolute Gasteiger partial charge is 0.497 e. The van der Waals surface area contributed by atoms with Crippen LogP contribution in [0.4, 0.5) is 5.69 Å². The average molecular weight is 357 g/mol. The fraction of sp³-hybridized carbons (Fsp3) is 0.591. The van der Waals surface area contributed by atoms with Crippen molar-refractivity contribution in [2.75, 3.05) is 32.1 Å². The van der Waals surface area contributed by atoms with Gasteiger partial charge >= 0.3 is 0 Å². The molecule has 0 radical (unpaired) electrons. The number of hydrogen-bond donors (Lipinski definition) is 1. The minimum Gasteiger partial charge on any atom is -0.497 e. The SMILES string of the molecule is COc1cccc(NC(=O)CCC2CCN(C[C@@H]3CC=CCC3)CC2)c1. The molecule has 0 bridgehead atoms. The van der Waals surface area contributed by atoms with Gasteiger partial charge in [-0.15, -0.1) is 0 Å². The molecule has 26 heavy (non-hydrogen) atoms. The quantitative estimate of drug-likeness (QED) is 0.732. The molecule has 0 spiro atoms. The highest BCUT2D eigenvalue weighted by Gasteiger charge is 2.22. The van der Waals surface area contributed by atoms with Gasteiger partial charge in [0.25, 0.3) is 0 Å². The standard InChI is InChI=1S/C22H32N2O2/c1-26-21-9-5-8-20(16-21)23-22(25)11-10-18-12-14-24(15-13-18)17-19-6-3-2-4-7-19/h2-3,5,8-9,16,18-19H,4,6-7,10-15,17H2,1H3,(H,23,25)/t19-/m1/s1. The van der Waals surface area contributed by atoms with Crippen LogP contribution in [0, 0.1) is 11.8 Å². The summed E-state index contributed by atoms with van der Waals surface area (Å²) in [5.41, 5.74) is 0.811. The molecule has 1 N–H and O–H groups in total. The maximum absolute atomic E-state index is 12.2. The topological polar surface area (TPSA) is 41.6 Å². The average Bonchev–Trinajstić information content (AvgIpc) is 2.68. The van der Waals surface area contributed by atoms with Gasteiger partial charge in [-0.05, 0) is 75.6 Å². The van der Waals surface area contributed by atoms with Gasteiger partial charge in [-0.1, -0.05) is 18.2 Å². The maximum Gasteiger partial charge on any atom is 0.224 e. The number of nitrogens with one attached hydrogen (secondary N) is 1. The number of ether oxygens (including phenoxy) is 1. The van der Waals surface area contributed by atoms with Crippen LogP contribution in [0.5, 0.6) is 5.75 Å². The number of carbonyl (C=O) groups is 1. The van der Waals surface area contributed by atoms with Gasteiger partial charge in [-0.3, -0.25) is 4.79 Å². The van der Waals surface area contributed by atoms with Crippen LogP contribution in [0.25, 0.3) is 0 Å². The van der Waals surface area contributed by atoms with E-state index in [9.17, 15) is 4.79 Å². The van der Waals surface area contributed by atoms with E-state index in [-0.39, 0.29) is 5.91 Å². The number of hydrogen-bond acceptors (Lipinski definition) is 3. The Balaban J connectivity index is 1.34. The van der Waals surface area contributed by atoms with Gasteiger partial charge < -0.3 is 15.0 Å². The first-order valence-corrected chi connectivity index (χ1v) is 10.0. The Hall–Kier alpha value is -1.81. The van der Waals surface area contributed by atoms with E-state index in [1.165, 1.54) is 51.7 Å². The monoisotopic (exact) mass is 356 g/mol. The Kier molecular flexibility index (Phi) is 7.13. The van der Waals surface area contributed by atoms with Gasteiger partial charge in [0.05, 0.1) is 7.11 Å². The zero-order valence-electron chi connectivity index (χ0n) is 16.0. The summed E-state index contributed by atoms with van der Waals surface area (Å²) in [5.74, 6) is 2.41. The van der Waals surface area contributed by atoms with Crippen LogP contribution >= 0.6 is 0 Å². The van der Waals surface area contributed by atoms with E-state index in [4.69, 9.17) is 4.74 Å². The van der Waals surface area contributed by atoms with E-state index >= 15 is 0 Å². The molecule has 2 aliphatic rings. The highest BCUT2D eigenvalue weighted by Crippen LogP contribution is 2.25.